The lowest BCUT2D eigenvalue weighted by Gasteiger charge is -2.34. The number of benzene rings is 1. The molecule has 0 bridgehead atoms. The number of anilines is 1. The molecule has 1 fully saturated rings. The van der Waals surface area contributed by atoms with Gasteiger partial charge in [-0.2, -0.15) is 4.31 Å². The van der Waals surface area contributed by atoms with Crippen molar-refractivity contribution in [3.05, 3.63) is 22.4 Å². The maximum Gasteiger partial charge on any atom is 0.244 e. The third kappa shape index (κ3) is 2.98. The Hall–Kier alpha value is -0.700. The molecule has 0 unspecified atom stereocenters. The Bertz CT molecular complexity index is 613. The Morgan fingerprint density at radius 1 is 1.35 bits per heavy atom. The Kier molecular flexibility index (Phi) is 4.38. The average molecular weight is 367 g/mol. The van der Waals surface area contributed by atoms with E-state index in [1.165, 1.54) is 4.31 Å². The summed E-state index contributed by atoms with van der Waals surface area (Å²) in [7, 11) is -3.74. The molecule has 1 saturated heterocycles. The number of nitrogen functional groups attached to an aromatic ring is 1. The van der Waals surface area contributed by atoms with Gasteiger partial charge in [0.05, 0.1) is 22.8 Å². The fourth-order valence-electron chi connectivity index (χ4n) is 2.21. The number of morpholine rings is 1. The van der Waals surface area contributed by atoms with Crippen molar-refractivity contribution >= 4 is 31.6 Å². The van der Waals surface area contributed by atoms with Crippen LogP contribution in [-0.4, -0.2) is 38.0 Å². The molecular weight excluding hydrogens is 351 g/mol. The molecule has 112 valence electrons. The summed E-state index contributed by atoms with van der Waals surface area (Å²) in [6.45, 7) is 4.14. The Morgan fingerprint density at radius 3 is 2.45 bits per heavy atom. The first-order chi connectivity index (χ1) is 9.21. The highest BCUT2D eigenvalue weighted by Crippen LogP contribution is 2.30. The molecule has 1 aliphatic heterocycles. The maximum atomic E-state index is 13.3. The van der Waals surface area contributed by atoms with Crippen molar-refractivity contribution < 1.29 is 17.5 Å². The fourth-order valence-corrected chi connectivity index (χ4v) is 4.81. The van der Waals surface area contributed by atoms with Crippen molar-refractivity contribution in [2.45, 2.75) is 31.0 Å². The summed E-state index contributed by atoms with van der Waals surface area (Å²) in [5.41, 5.74) is 5.27. The second-order valence-corrected chi connectivity index (χ2v) is 7.64. The molecule has 2 atom stereocenters. The molecule has 2 N–H and O–H groups in total. The smallest absolute Gasteiger partial charge is 0.244 e. The van der Waals surface area contributed by atoms with E-state index >= 15 is 0 Å². The van der Waals surface area contributed by atoms with Gasteiger partial charge in [0, 0.05) is 17.6 Å². The minimum absolute atomic E-state index is 0.0299. The van der Waals surface area contributed by atoms with E-state index in [2.05, 4.69) is 15.9 Å². The molecule has 0 amide bonds. The number of ether oxygens (including phenoxy) is 1. The van der Waals surface area contributed by atoms with Crippen molar-refractivity contribution in [2.24, 2.45) is 0 Å². The molecule has 8 heteroatoms. The van der Waals surface area contributed by atoms with Gasteiger partial charge in [0.15, 0.2) is 0 Å². The molecule has 20 heavy (non-hydrogen) atoms. The predicted molar refractivity (Wildman–Crippen MR) is 77.3 cm³/mol. The van der Waals surface area contributed by atoms with Crippen LogP contribution in [0, 0.1) is 5.82 Å². The van der Waals surface area contributed by atoms with Crippen LogP contribution in [0.15, 0.2) is 21.5 Å². The van der Waals surface area contributed by atoms with Crippen LogP contribution in [0.3, 0.4) is 0 Å². The lowest BCUT2D eigenvalue weighted by atomic mass is 10.3. The lowest BCUT2D eigenvalue weighted by Crippen LogP contribution is -2.48. The van der Waals surface area contributed by atoms with Gasteiger partial charge in [-0.3, -0.25) is 0 Å². The van der Waals surface area contributed by atoms with E-state index in [-0.39, 0.29) is 40.4 Å². The number of halogens is 2. The standard InChI is InChI=1S/C12H16BrFN2O3S/c1-7-5-16(6-8(2)19-7)20(17,18)12-4-11(15)10(14)3-9(12)13/h3-4,7-8H,5-6,15H2,1-2H3/t7-,8+. The molecule has 2 rings (SSSR count). The predicted octanol–water partition coefficient (Wildman–Crippen LogP) is 1.97. The molecular formula is C12H16BrFN2O3S. The minimum Gasteiger partial charge on any atom is -0.396 e. The molecule has 1 aromatic rings. The summed E-state index contributed by atoms with van der Waals surface area (Å²) in [5, 5.41) is 0. The molecule has 5 nitrogen and oxygen atoms in total. The number of hydrogen-bond acceptors (Lipinski definition) is 4. The second kappa shape index (κ2) is 5.59. The van der Waals surface area contributed by atoms with Crippen LogP contribution in [0.2, 0.25) is 0 Å². The highest BCUT2D eigenvalue weighted by Gasteiger charge is 2.33. The molecule has 0 aliphatic carbocycles. The van der Waals surface area contributed by atoms with Crippen LogP contribution in [-0.2, 0) is 14.8 Å². The molecule has 0 saturated carbocycles. The van der Waals surface area contributed by atoms with Crippen LogP contribution in [0.4, 0.5) is 10.1 Å². The van der Waals surface area contributed by atoms with E-state index in [0.29, 0.717) is 0 Å². The Labute approximate surface area is 126 Å². The molecule has 1 heterocycles. The van der Waals surface area contributed by atoms with E-state index in [9.17, 15) is 12.8 Å². The normalized spacial score (nSPS) is 24.8. The van der Waals surface area contributed by atoms with E-state index < -0.39 is 15.8 Å². The van der Waals surface area contributed by atoms with Crippen molar-refractivity contribution in [2.75, 3.05) is 18.8 Å². The summed E-state index contributed by atoms with van der Waals surface area (Å²) in [4.78, 5) is -0.0299. The van der Waals surface area contributed by atoms with Gasteiger partial charge in [-0.05, 0) is 41.9 Å². The molecule has 0 spiro atoms. The summed E-state index contributed by atoms with van der Waals surface area (Å²) < 4.78 is 45.6. The first-order valence-corrected chi connectivity index (χ1v) is 8.35. The van der Waals surface area contributed by atoms with E-state index in [1.54, 1.807) is 0 Å². The fraction of sp³-hybridized carbons (Fsp3) is 0.500. The average Bonchev–Trinajstić information content (AvgIpc) is 2.32. The topological polar surface area (TPSA) is 72.6 Å². The van der Waals surface area contributed by atoms with Gasteiger partial charge < -0.3 is 10.5 Å². The van der Waals surface area contributed by atoms with Gasteiger partial charge in [-0.1, -0.05) is 0 Å². The zero-order valence-corrected chi connectivity index (χ0v) is 13.5. The third-order valence-corrected chi connectivity index (χ3v) is 5.85. The maximum absolute atomic E-state index is 13.3. The largest absolute Gasteiger partial charge is 0.396 e. The first-order valence-electron chi connectivity index (χ1n) is 6.12. The van der Waals surface area contributed by atoms with Gasteiger partial charge in [-0.15, -0.1) is 0 Å². The Balaban J connectivity index is 2.42. The highest BCUT2D eigenvalue weighted by molar-refractivity contribution is 9.10. The van der Waals surface area contributed by atoms with Crippen molar-refractivity contribution in [3.63, 3.8) is 0 Å². The molecule has 1 aliphatic rings. The first kappa shape index (κ1) is 15.7. The summed E-state index contributed by atoms with van der Waals surface area (Å²) in [5.74, 6) is -0.653. The zero-order chi connectivity index (χ0) is 15.1. The van der Waals surface area contributed by atoms with Crippen molar-refractivity contribution in [1.82, 2.24) is 4.31 Å². The molecule has 0 aromatic heterocycles. The van der Waals surface area contributed by atoms with Gasteiger partial charge in [0.2, 0.25) is 10.0 Å². The zero-order valence-electron chi connectivity index (χ0n) is 11.1. The SMILES string of the molecule is C[C@@H]1CN(S(=O)(=O)c2cc(N)c(F)cc2Br)C[C@H](C)O1. The highest BCUT2D eigenvalue weighted by atomic mass is 79.9. The summed E-state index contributed by atoms with van der Waals surface area (Å²) in [6.07, 6.45) is -0.379. The van der Waals surface area contributed by atoms with Crippen LogP contribution >= 0.6 is 15.9 Å². The number of hydrogen-bond donors (Lipinski definition) is 1. The van der Waals surface area contributed by atoms with Crippen LogP contribution in [0.25, 0.3) is 0 Å². The molecule has 0 radical (unpaired) electrons. The van der Waals surface area contributed by atoms with Crippen LogP contribution < -0.4 is 5.73 Å². The second-order valence-electron chi connectivity index (χ2n) is 4.88. The van der Waals surface area contributed by atoms with Crippen molar-refractivity contribution in [1.29, 1.82) is 0 Å². The van der Waals surface area contributed by atoms with Crippen LogP contribution in [0.1, 0.15) is 13.8 Å². The van der Waals surface area contributed by atoms with Gasteiger partial charge >= 0.3 is 0 Å². The number of rotatable bonds is 2. The van der Waals surface area contributed by atoms with Gasteiger partial charge in [0.1, 0.15) is 5.82 Å². The third-order valence-electron chi connectivity index (χ3n) is 3.06. The summed E-state index contributed by atoms with van der Waals surface area (Å²) >= 11 is 3.08. The van der Waals surface area contributed by atoms with Crippen LogP contribution in [0.5, 0.6) is 0 Å². The summed E-state index contributed by atoms with van der Waals surface area (Å²) in [6, 6.07) is 2.20. The quantitative estimate of drug-likeness (QED) is 0.812. The van der Waals surface area contributed by atoms with E-state index in [1.807, 2.05) is 13.8 Å². The Morgan fingerprint density at radius 2 is 1.90 bits per heavy atom. The molecule has 1 aromatic carbocycles. The monoisotopic (exact) mass is 366 g/mol. The van der Waals surface area contributed by atoms with E-state index in [4.69, 9.17) is 10.5 Å². The van der Waals surface area contributed by atoms with Crippen molar-refractivity contribution in [3.8, 4) is 0 Å². The number of nitrogens with zero attached hydrogens (tertiary/aromatic N) is 1. The van der Waals surface area contributed by atoms with Gasteiger partial charge in [0.25, 0.3) is 0 Å². The number of sulfonamides is 1. The van der Waals surface area contributed by atoms with Gasteiger partial charge in [-0.25, -0.2) is 12.8 Å². The van der Waals surface area contributed by atoms with E-state index in [0.717, 1.165) is 12.1 Å². The number of nitrogens with two attached hydrogens (primary N) is 1. The lowest BCUT2D eigenvalue weighted by molar-refractivity contribution is -0.0440. The minimum atomic E-state index is -3.74.